The molecule has 0 bridgehead atoms. The third kappa shape index (κ3) is 4.32. The van der Waals surface area contributed by atoms with Crippen molar-refractivity contribution in [3.63, 3.8) is 0 Å². The summed E-state index contributed by atoms with van der Waals surface area (Å²) in [6, 6.07) is 4.06. The highest BCUT2D eigenvalue weighted by Gasteiger charge is 2.30. The lowest BCUT2D eigenvalue weighted by Crippen LogP contribution is -2.31. The lowest BCUT2D eigenvalue weighted by molar-refractivity contribution is -0.139. The Morgan fingerprint density at radius 2 is 1.87 bits per heavy atom. The van der Waals surface area contributed by atoms with Gasteiger partial charge in [-0.3, -0.25) is 14.5 Å². The van der Waals surface area contributed by atoms with E-state index < -0.39 is 0 Å². The number of hydrogen-bond acceptors (Lipinski definition) is 4. The number of carbonyl (C=O) groups excluding carboxylic acids is 2. The van der Waals surface area contributed by atoms with Gasteiger partial charge in [0.1, 0.15) is 11.9 Å². The molecule has 2 amide bonds. The number of ether oxygens (including phenoxy) is 1. The summed E-state index contributed by atoms with van der Waals surface area (Å²) >= 11 is 0. The molecule has 1 heterocycles. The second-order valence-electron chi connectivity index (χ2n) is 6.18. The molecule has 0 radical (unpaired) electrons. The minimum Gasteiger partial charge on any atom is -0.489 e. The summed E-state index contributed by atoms with van der Waals surface area (Å²) in [4.78, 5) is 25.1. The summed E-state index contributed by atoms with van der Waals surface area (Å²) in [6.45, 7) is 10.0. The van der Waals surface area contributed by atoms with Gasteiger partial charge in [0.05, 0.1) is 6.54 Å². The van der Waals surface area contributed by atoms with Crippen LogP contribution >= 0.6 is 0 Å². The normalized spacial score (nSPS) is 16.1. The van der Waals surface area contributed by atoms with Gasteiger partial charge in [0.2, 0.25) is 11.8 Å². The maximum atomic E-state index is 11.9. The number of hydrogen-bond donors (Lipinski definition) is 1. The van der Waals surface area contributed by atoms with Crippen LogP contribution < -0.4 is 10.1 Å². The fourth-order valence-corrected chi connectivity index (χ4v) is 2.89. The first-order chi connectivity index (χ1) is 10.9. The number of rotatable bonds is 7. The molecule has 1 aliphatic heterocycles. The highest BCUT2D eigenvalue weighted by Crippen LogP contribution is 2.29. The standard InChI is InChI=1S/C18H26N2O3/c1-5-19-10-14(4)23-18-13(3)8-12(2)9-15(18)11-20-16(21)6-7-17(20)22/h8-9,14,19H,5-7,10-11H2,1-4H3. The lowest BCUT2D eigenvalue weighted by Gasteiger charge is -2.22. The Kier molecular flexibility index (Phi) is 5.77. The van der Waals surface area contributed by atoms with Gasteiger partial charge in [0.25, 0.3) is 0 Å². The highest BCUT2D eigenvalue weighted by molar-refractivity contribution is 6.01. The number of nitrogens with zero attached hydrogens (tertiary/aromatic N) is 1. The molecular weight excluding hydrogens is 292 g/mol. The molecule has 1 N–H and O–H groups in total. The van der Waals surface area contributed by atoms with Crippen LogP contribution in [0.2, 0.25) is 0 Å². The molecule has 1 fully saturated rings. The van der Waals surface area contributed by atoms with Crippen LogP contribution in [0.15, 0.2) is 12.1 Å². The molecule has 1 atom stereocenters. The van der Waals surface area contributed by atoms with Crippen molar-refractivity contribution in [3.8, 4) is 5.75 Å². The minimum absolute atomic E-state index is 0.0140. The number of benzene rings is 1. The van der Waals surface area contributed by atoms with Crippen molar-refractivity contribution in [1.29, 1.82) is 0 Å². The third-order valence-electron chi connectivity index (χ3n) is 3.98. The molecule has 1 aliphatic rings. The topological polar surface area (TPSA) is 58.6 Å². The van der Waals surface area contributed by atoms with E-state index in [4.69, 9.17) is 4.74 Å². The molecule has 1 aromatic carbocycles. The van der Waals surface area contributed by atoms with Gasteiger partial charge in [-0.05, 0) is 32.9 Å². The predicted molar refractivity (Wildman–Crippen MR) is 89.3 cm³/mol. The summed E-state index contributed by atoms with van der Waals surface area (Å²) in [7, 11) is 0. The quantitative estimate of drug-likeness (QED) is 0.784. The lowest BCUT2D eigenvalue weighted by atomic mass is 10.0. The number of amides is 2. The SMILES string of the molecule is CCNCC(C)Oc1c(C)cc(C)cc1CN1C(=O)CCC1=O. The number of carbonyl (C=O) groups is 2. The second kappa shape index (κ2) is 7.59. The van der Waals surface area contributed by atoms with E-state index in [1.807, 2.05) is 26.8 Å². The largest absolute Gasteiger partial charge is 0.489 e. The molecule has 0 aromatic heterocycles. The van der Waals surface area contributed by atoms with Crippen molar-refractivity contribution in [1.82, 2.24) is 10.2 Å². The Balaban J connectivity index is 2.23. The van der Waals surface area contributed by atoms with E-state index in [2.05, 4.69) is 18.3 Å². The van der Waals surface area contributed by atoms with Crippen LogP contribution in [0.5, 0.6) is 5.75 Å². The Morgan fingerprint density at radius 3 is 2.48 bits per heavy atom. The van der Waals surface area contributed by atoms with Crippen molar-refractivity contribution < 1.29 is 14.3 Å². The second-order valence-corrected chi connectivity index (χ2v) is 6.18. The van der Waals surface area contributed by atoms with E-state index >= 15 is 0 Å². The number of imide groups is 1. The Morgan fingerprint density at radius 1 is 1.22 bits per heavy atom. The maximum absolute atomic E-state index is 11.9. The molecule has 0 saturated carbocycles. The number of likely N-dealkylation sites (tertiary alicyclic amines) is 1. The molecule has 1 unspecified atom stereocenters. The molecule has 1 saturated heterocycles. The molecule has 1 aromatic rings. The number of nitrogens with one attached hydrogen (secondary N) is 1. The molecule has 2 rings (SSSR count). The van der Waals surface area contributed by atoms with E-state index in [9.17, 15) is 9.59 Å². The molecule has 5 heteroatoms. The van der Waals surface area contributed by atoms with E-state index in [-0.39, 0.29) is 17.9 Å². The molecule has 0 spiro atoms. The van der Waals surface area contributed by atoms with Crippen LogP contribution in [-0.4, -0.2) is 35.9 Å². The van der Waals surface area contributed by atoms with E-state index in [1.165, 1.54) is 4.90 Å². The fourth-order valence-electron chi connectivity index (χ4n) is 2.89. The highest BCUT2D eigenvalue weighted by atomic mass is 16.5. The Labute approximate surface area is 138 Å². The van der Waals surface area contributed by atoms with Crippen LogP contribution in [0.25, 0.3) is 0 Å². The van der Waals surface area contributed by atoms with Crippen LogP contribution in [-0.2, 0) is 16.1 Å². The van der Waals surface area contributed by atoms with Crippen LogP contribution in [0.1, 0.15) is 43.4 Å². The van der Waals surface area contributed by atoms with Gasteiger partial charge in [0, 0.05) is 24.9 Å². The average molecular weight is 318 g/mol. The van der Waals surface area contributed by atoms with Crippen LogP contribution in [0, 0.1) is 13.8 Å². The number of aryl methyl sites for hydroxylation is 2. The maximum Gasteiger partial charge on any atom is 0.230 e. The summed E-state index contributed by atoms with van der Waals surface area (Å²) in [6.07, 6.45) is 0.646. The summed E-state index contributed by atoms with van der Waals surface area (Å²) in [5, 5.41) is 3.26. The zero-order valence-corrected chi connectivity index (χ0v) is 14.4. The van der Waals surface area contributed by atoms with Gasteiger partial charge in [-0.25, -0.2) is 0 Å². The first kappa shape index (κ1) is 17.5. The third-order valence-corrected chi connectivity index (χ3v) is 3.98. The van der Waals surface area contributed by atoms with Gasteiger partial charge >= 0.3 is 0 Å². The van der Waals surface area contributed by atoms with Crippen LogP contribution in [0.4, 0.5) is 0 Å². The smallest absolute Gasteiger partial charge is 0.230 e. The van der Waals surface area contributed by atoms with E-state index in [0.717, 1.165) is 35.5 Å². The molecule has 0 aliphatic carbocycles. The monoisotopic (exact) mass is 318 g/mol. The van der Waals surface area contributed by atoms with Crippen molar-refractivity contribution >= 4 is 11.8 Å². The summed E-state index contributed by atoms with van der Waals surface area (Å²) in [5.41, 5.74) is 3.03. The zero-order valence-electron chi connectivity index (χ0n) is 14.4. The van der Waals surface area contributed by atoms with E-state index in [1.54, 1.807) is 0 Å². The van der Waals surface area contributed by atoms with Gasteiger partial charge in [0.15, 0.2) is 0 Å². The molecule has 126 valence electrons. The van der Waals surface area contributed by atoms with Gasteiger partial charge < -0.3 is 10.1 Å². The van der Waals surface area contributed by atoms with Gasteiger partial charge in [-0.1, -0.05) is 24.6 Å². The zero-order chi connectivity index (χ0) is 17.0. The first-order valence-corrected chi connectivity index (χ1v) is 8.23. The summed E-state index contributed by atoms with van der Waals surface area (Å²) < 4.78 is 6.10. The predicted octanol–water partition coefficient (Wildman–Crippen LogP) is 2.33. The van der Waals surface area contributed by atoms with Gasteiger partial charge in [-0.15, -0.1) is 0 Å². The first-order valence-electron chi connectivity index (χ1n) is 8.23. The van der Waals surface area contributed by atoms with Crippen molar-refractivity contribution in [2.45, 2.75) is 53.2 Å². The Bertz CT molecular complexity index is 582. The Hall–Kier alpha value is -1.88. The van der Waals surface area contributed by atoms with Crippen molar-refractivity contribution in [3.05, 3.63) is 28.8 Å². The summed E-state index contributed by atoms with van der Waals surface area (Å²) in [5.74, 6) is 0.593. The minimum atomic E-state index is -0.0965. The van der Waals surface area contributed by atoms with Crippen molar-refractivity contribution in [2.24, 2.45) is 0 Å². The number of likely N-dealkylation sites (N-methyl/N-ethyl adjacent to an activating group) is 1. The molecular formula is C18H26N2O3. The van der Waals surface area contributed by atoms with Crippen molar-refractivity contribution in [2.75, 3.05) is 13.1 Å². The average Bonchev–Trinajstić information content (AvgIpc) is 2.80. The molecule has 23 heavy (non-hydrogen) atoms. The fraction of sp³-hybridized carbons (Fsp3) is 0.556. The van der Waals surface area contributed by atoms with E-state index in [0.29, 0.717) is 19.4 Å². The molecule has 5 nitrogen and oxygen atoms in total. The van der Waals surface area contributed by atoms with Gasteiger partial charge in [-0.2, -0.15) is 0 Å². The van der Waals surface area contributed by atoms with Crippen LogP contribution in [0.3, 0.4) is 0 Å².